The van der Waals surface area contributed by atoms with Gasteiger partial charge in [0.15, 0.2) is 0 Å². The van der Waals surface area contributed by atoms with Crippen molar-refractivity contribution in [2.45, 2.75) is 13.8 Å². The normalized spacial score (nSPS) is 10.6. The smallest absolute Gasteiger partial charge is 0.255 e. The van der Waals surface area contributed by atoms with Gasteiger partial charge in [0.25, 0.3) is 5.91 Å². The van der Waals surface area contributed by atoms with Crippen molar-refractivity contribution in [3.8, 4) is 0 Å². The number of nitrogens with one attached hydrogen (secondary N) is 2. The fraction of sp³-hybridized carbons (Fsp3) is 0.167. The van der Waals surface area contributed by atoms with E-state index in [1.54, 1.807) is 24.3 Å². The molecule has 0 unspecified atom stereocenters. The number of carbonyl (C=O) groups excluding carboxylic acids is 2. The average molecular weight is 322 g/mol. The number of nitrogens with zero attached hydrogens (tertiary/aromatic N) is 2. The Kier molecular flexibility index (Phi) is 4.04. The largest absolute Gasteiger partial charge is 0.331 e. The first-order chi connectivity index (χ1) is 11.4. The van der Waals surface area contributed by atoms with Gasteiger partial charge in [-0.3, -0.25) is 9.59 Å². The van der Waals surface area contributed by atoms with E-state index < -0.39 is 0 Å². The zero-order chi connectivity index (χ0) is 17.3. The van der Waals surface area contributed by atoms with Gasteiger partial charge in [0.1, 0.15) is 5.82 Å². The Morgan fingerprint density at radius 3 is 2.33 bits per heavy atom. The van der Waals surface area contributed by atoms with E-state index in [2.05, 4.69) is 15.6 Å². The molecule has 0 aliphatic heterocycles. The van der Waals surface area contributed by atoms with Gasteiger partial charge in [-0.1, -0.05) is 0 Å². The van der Waals surface area contributed by atoms with Crippen LogP contribution in [0.2, 0.25) is 0 Å². The lowest BCUT2D eigenvalue weighted by atomic mass is 10.2. The van der Waals surface area contributed by atoms with Crippen molar-refractivity contribution < 1.29 is 9.59 Å². The molecule has 3 rings (SSSR count). The van der Waals surface area contributed by atoms with Gasteiger partial charge in [-0.2, -0.15) is 0 Å². The van der Waals surface area contributed by atoms with Gasteiger partial charge in [-0.25, -0.2) is 4.98 Å². The van der Waals surface area contributed by atoms with E-state index in [-0.39, 0.29) is 11.8 Å². The molecule has 0 spiro atoms. The van der Waals surface area contributed by atoms with Crippen LogP contribution in [-0.2, 0) is 11.8 Å². The summed E-state index contributed by atoms with van der Waals surface area (Å²) in [7, 11) is 1.96. The number of anilines is 2. The number of hydrogen-bond donors (Lipinski definition) is 2. The maximum atomic E-state index is 12.3. The zero-order valence-electron chi connectivity index (χ0n) is 13.8. The topological polar surface area (TPSA) is 76.0 Å². The Labute approximate surface area is 139 Å². The summed E-state index contributed by atoms with van der Waals surface area (Å²) in [5.74, 6) is 0.560. The van der Waals surface area contributed by atoms with Crippen LogP contribution in [0.5, 0.6) is 0 Å². The van der Waals surface area contributed by atoms with Crippen LogP contribution in [0.3, 0.4) is 0 Å². The molecule has 24 heavy (non-hydrogen) atoms. The third-order valence-electron chi connectivity index (χ3n) is 3.83. The first kappa shape index (κ1) is 15.7. The molecule has 1 heterocycles. The molecule has 2 N–H and O–H groups in total. The molecule has 0 aliphatic carbocycles. The summed E-state index contributed by atoms with van der Waals surface area (Å²) in [6.07, 6.45) is 0. The van der Waals surface area contributed by atoms with E-state index >= 15 is 0 Å². The molecule has 1 aromatic heterocycles. The standard InChI is InChI=1S/C18H18N4O2/c1-11-19-16-10-15(8-9-17(16)22(11)3)21-18(24)13-4-6-14(7-5-13)20-12(2)23/h4-10H,1-3H3,(H,20,23)(H,21,24). The minimum Gasteiger partial charge on any atom is -0.331 e. The summed E-state index contributed by atoms with van der Waals surface area (Å²) in [6, 6.07) is 12.4. The van der Waals surface area contributed by atoms with E-state index in [9.17, 15) is 9.59 Å². The lowest BCUT2D eigenvalue weighted by Gasteiger charge is -2.07. The van der Waals surface area contributed by atoms with Gasteiger partial charge < -0.3 is 15.2 Å². The van der Waals surface area contributed by atoms with Crippen LogP contribution < -0.4 is 10.6 Å². The van der Waals surface area contributed by atoms with Crippen molar-refractivity contribution in [1.29, 1.82) is 0 Å². The third kappa shape index (κ3) is 3.12. The molecule has 0 radical (unpaired) electrons. The first-order valence-electron chi connectivity index (χ1n) is 7.56. The van der Waals surface area contributed by atoms with Crippen LogP contribution in [0.1, 0.15) is 23.1 Å². The molecule has 0 atom stereocenters. The second kappa shape index (κ2) is 6.16. The number of fused-ring (bicyclic) bond motifs is 1. The van der Waals surface area contributed by atoms with Crippen LogP contribution in [0.15, 0.2) is 42.5 Å². The Balaban J connectivity index is 1.77. The summed E-state index contributed by atoms with van der Waals surface area (Å²) < 4.78 is 2.00. The molecule has 0 saturated carbocycles. The minimum absolute atomic E-state index is 0.147. The third-order valence-corrected chi connectivity index (χ3v) is 3.83. The molecule has 2 aromatic carbocycles. The number of imidazole rings is 1. The molecular formula is C18H18N4O2. The highest BCUT2D eigenvalue weighted by molar-refractivity contribution is 6.05. The molecule has 0 fully saturated rings. The molecule has 6 heteroatoms. The maximum Gasteiger partial charge on any atom is 0.255 e. The first-order valence-corrected chi connectivity index (χ1v) is 7.56. The highest BCUT2D eigenvalue weighted by atomic mass is 16.2. The predicted octanol–water partition coefficient (Wildman–Crippen LogP) is 3.09. The number of aromatic nitrogens is 2. The van der Waals surface area contributed by atoms with Crippen molar-refractivity contribution in [2.24, 2.45) is 7.05 Å². The fourth-order valence-electron chi connectivity index (χ4n) is 2.51. The quantitative estimate of drug-likeness (QED) is 0.778. The van der Waals surface area contributed by atoms with Gasteiger partial charge in [0.05, 0.1) is 11.0 Å². The maximum absolute atomic E-state index is 12.3. The van der Waals surface area contributed by atoms with Crippen molar-refractivity contribution in [1.82, 2.24) is 9.55 Å². The van der Waals surface area contributed by atoms with E-state index in [1.165, 1.54) is 6.92 Å². The van der Waals surface area contributed by atoms with Gasteiger partial charge in [-0.15, -0.1) is 0 Å². The molecule has 0 saturated heterocycles. The van der Waals surface area contributed by atoms with Crippen LogP contribution in [0.4, 0.5) is 11.4 Å². The van der Waals surface area contributed by atoms with Crippen molar-refractivity contribution >= 4 is 34.2 Å². The van der Waals surface area contributed by atoms with Gasteiger partial charge >= 0.3 is 0 Å². The van der Waals surface area contributed by atoms with E-state index in [1.807, 2.05) is 36.7 Å². The number of benzene rings is 2. The Hall–Kier alpha value is -3.15. The summed E-state index contributed by atoms with van der Waals surface area (Å²) in [4.78, 5) is 27.8. The van der Waals surface area contributed by atoms with Crippen molar-refractivity contribution in [2.75, 3.05) is 10.6 Å². The number of aryl methyl sites for hydroxylation is 2. The van der Waals surface area contributed by atoms with E-state index in [0.717, 1.165) is 16.9 Å². The second-order valence-corrected chi connectivity index (χ2v) is 5.63. The predicted molar refractivity (Wildman–Crippen MR) is 94.1 cm³/mol. The number of hydrogen-bond acceptors (Lipinski definition) is 3. The van der Waals surface area contributed by atoms with Gasteiger partial charge in [0, 0.05) is 30.9 Å². The molecule has 0 aliphatic rings. The van der Waals surface area contributed by atoms with Crippen LogP contribution in [-0.4, -0.2) is 21.4 Å². The zero-order valence-corrected chi connectivity index (χ0v) is 13.8. The Morgan fingerprint density at radius 1 is 1.00 bits per heavy atom. The molecule has 122 valence electrons. The molecule has 6 nitrogen and oxygen atoms in total. The lowest BCUT2D eigenvalue weighted by Crippen LogP contribution is -2.12. The Morgan fingerprint density at radius 2 is 1.67 bits per heavy atom. The molecule has 0 bridgehead atoms. The van der Waals surface area contributed by atoms with E-state index in [4.69, 9.17) is 0 Å². The second-order valence-electron chi connectivity index (χ2n) is 5.63. The SMILES string of the molecule is CC(=O)Nc1ccc(C(=O)Nc2ccc3c(c2)nc(C)n3C)cc1. The van der Waals surface area contributed by atoms with Crippen molar-refractivity contribution in [3.63, 3.8) is 0 Å². The summed E-state index contributed by atoms with van der Waals surface area (Å²) >= 11 is 0. The van der Waals surface area contributed by atoms with Crippen molar-refractivity contribution in [3.05, 3.63) is 53.9 Å². The fourth-order valence-corrected chi connectivity index (χ4v) is 2.51. The van der Waals surface area contributed by atoms with Gasteiger partial charge in [0.2, 0.25) is 5.91 Å². The summed E-state index contributed by atoms with van der Waals surface area (Å²) in [5, 5.41) is 5.53. The molecule has 3 aromatic rings. The highest BCUT2D eigenvalue weighted by Gasteiger charge is 2.09. The number of rotatable bonds is 3. The molecular weight excluding hydrogens is 304 g/mol. The molecule has 2 amide bonds. The summed E-state index contributed by atoms with van der Waals surface area (Å²) in [6.45, 7) is 3.38. The van der Waals surface area contributed by atoms with Crippen LogP contribution in [0.25, 0.3) is 11.0 Å². The van der Waals surface area contributed by atoms with Gasteiger partial charge in [-0.05, 0) is 49.4 Å². The minimum atomic E-state index is -0.212. The number of carbonyl (C=O) groups is 2. The summed E-state index contributed by atoms with van der Waals surface area (Å²) in [5.41, 5.74) is 3.72. The monoisotopic (exact) mass is 322 g/mol. The lowest BCUT2D eigenvalue weighted by molar-refractivity contribution is -0.114. The van der Waals surface area contributed by atoms with Crippen LogP contribution in [0, 0.1) is 6.92 Å². The number of amides is 2. The van der Waals surface area contributed by atoms with Crippen LogP contribution >= 0.6 is 0 Å². The highest BCUT2D eigenvalue weighted by Crippen LogP contribution is 2.20. The Bertz CT molecular complexity index is 926. The van der Waals surface area contributed by atoms with E-state index in [0.29, 0.717) is 16.9 Å². The average Bonchev–Trinajstić information content (AvgIpc) is 2.81.